The van der Waals surface area contributed by atoms with Crippen LogP contribution < -0.4 is 10.9 Å². The van der Waals surface area contributed by atoms with Crippen LogP contribution in [0.25, 0.3) is 5.69 Å². The van der Waals surface area contributed by atoms with Crippen LogP contribution in [0.4, 0.5) is 5.69 Å². The van der Waals surface area contributed by atoms with Crippen molar-refractivity contribution >= 4 is 17.6 Å². The average molecular weight is 315 g/mol. The minimum Gasteiger partial charge on any atom is -0.478 e. The molecule has 0 spiro atoms. The summed E-state index contributed by atoms with van der Waals surface area (Å²) in [6.45, 7) is 3.01. The molecule has 2 N–H and O–H groups in total. The van der Waals surface area contributed by atoms with Crippen LogP contribution in [-0.4, -0.2) is 26.3 Å². The molecular weight excluding hydrogens is 298 g/mol. The van der Waals surface area contributed by atoms with Gasteiger partial charge in [0.1, 0.15) is 5.69 Å². The Labute approximate surface area is 132 Å². The first kappa shape index (κ1) is 16.3. The molecule has 1 heterocycles. The van der Waals surface area contributed by atoms with Gasteiger partial charge in [0.15, 0.2) is 0 Å². The predicted octanol–water partition coefficient (Wildman–Crippen LogP) is 1.45. The maximum absolute atomic E-state index is 12.6. The summed E-state index contributed by atoms with van der Waals surface area (Å²) in [6, 6.07) is 9.01. The summed E-state index contributed by atoms with van der Waals surface area (Å²) in [4.78, 5) is 35.2. The summed E-state index contributed by atoms with van der Waals surface area (Å²) in [5.74, 6) is -1.84. The van der Waals surface area contributed by atoms with E-state index in [1.165, 1.54) is 11.6 Å². The van der Waals surface area contributed by atoms with Crippen molar-refractivity contribution in [3.8, 4) is 5.69 Å². The Hall–Kier alpha value is -3.09. The predicted molar refractivity (Wildman–Crippen MR) is 85.8 cm³/mol. The average Bonchev–Trinajstić information content (AvgIpc) is 2.72. The van der Waals surface area contributed by atoms with Crippen molar-refractivity contribution in [2.45, 2.75) is 13.8 Å². The Bertz CT molecular complexity index is 844. The van der Waals surface area contributed by atoms with Gasteiger partial charge in [-0.15, -0.1) is 0 Å². The number of hydrogen-bond donors (Lipinski definition) is 2. The third-order valence-corrected chi connectivity index (χ3v) is 3.49. The minimum absolute atomic E-state index is 0.112. The maximum Gasteiger partial charge on any atom is 0.331 e. The van der Waals surface area contributed by atoms with E-state index in [0.717, 1.165) is 6.08 Å². The molecule has 0 saturated heterocycles. The van der Waals surface area contributed by atoms with Gasteiger partial charge in [-0.2, -0.15) is 0 Å². The molecule has 0 aliphatic carbocycles. The molecule has 0 fully saturated rings. The largest absolute Gasteiger partial charge is 0.478 e. The number of nitrogens with zero attached hydrogens (tertiary/aromatic N) is 2. The van der Waals surface area contributed by atoms with E-state index in [1.807, 2.05) is 6.07 Å². The lowest BCUT2D eigenvalue weighted by Gasteiger charge is -2.07. The maximum atomic E-state index is 12.6. The van der Waals surface area contributed by atoms with Gasteiger partial charge in [0.25, 0.3) is 5.56 Å². The molecule has 1 aromatic heterocycles. The van der Waals surface area contributed by atoms with E-state index in [-0.39, 0.29) is 16.8 Å². The van der Waals surface area contributed by atoms with E-state index in [0.29, 0.717) is 11.4 Å². The molecule has 0 aliphatic heterocycles. The summed E-state index contributed by atoms with van der Waals surface area (Å²) >= 11 is 0. The second kappa shape index (κ2) is 6.35. The second-order valence-corrected chi connectivity index (χ2v) is 5.06. The molecule has 2 rings (SSSR count). The monoisotopic (exact) mass is 315 g/mol. The zero-order valence-corrected chi connectivity index (χ0v) is 13.0. The van der Waals surface area contributed by atoms with Crippen molar-refractivity contribution in [2.75, 3.05) is 5.32 Å². The number of carbonyl (C=O) groups excluding carboxylic acids is 1. The second-order valence-electron chi connectivity index (χ2n) is 5.06. The molecule has 0 unspecified atom stereocenters. The Balaban J connectivity index is 2.43. The van der Waals surface area contributed by atoms with E-state index >= 15 is 0 Å². The molecule has 2 aromatic rings. The van der Waals surface area contributed by atoms with Crippen LogP contribution in [0.1, 0.15) is 12.6 Å². The van der Waals surface area contributed by atoms with Crippen LogP contribution in [0.2, 0.25) is 0 Å². The molecular formula is C16H17N3O4. The van der Waals surface area contributed by atoms with Crippen LogP contribution in [0.15, 0.2) is 46.8 Å². The normalized spacial score (nSPS) is 11.3. The number of carboxylic acid groups (broad SMARTS) is 1. The number of carbonyl (C=O) groups is 2. The van der Waals surface area contributed by atoms with Gasteiger partial charge in [0, 0.05) is 18.7 Å². The van der Waals surface area contributed by atoms with E-state index < -0.39 is 11.9 Å². The van der Waals surface area contributed by atoms with Crippen molar-refractivity contribution in [2.24, 2.45) is 7.05 Å². The lowest BCUT2D eigenvalue weighted by atomic mass is 10.2. The topological polar surface area (TPSA) is 93.3 Å². The number of hydrogen-bond acceptors (Lipinski definition) is 3. The van der Waals surface area contributed by atoms with Crippen molar-refractivity contribution in [1.82, 2.24) is 9.36 Å². The zero-order chi connectivity index (χ0) is 17.1. The van der Waals surface area contributed by atoms with Crippen molar-refractivity contribution < 1.29 is 14.7 Å². The molecule has 1 aromatic carbocycles. The first-order valence-electron chi connectivity index (χ1n) is 6.89. The Morgan fingerprint density at radius 3 is 2.39 bits per heavy atom. The van der Waals surface area contributed by atoms with Crippen molar-refractivity contribution in [1.29, 1.82) is 0 Å². The van der Waals surface area contributed by atoms with Gasteiger partial charge in [-0.1, -0.05) is 18.2 Å². The number of benzene rings is 1. The van der Waals surface area contributed by atoms with Gasteiger partial charge in [-0.05, 0) is 26.0 Å². The Kier molecular flexibility index (Phi) is 4.49. The molecule has 0 aliphatic rings. The number of rotatable bonds is 4. The highest BCUT2D eigenvalue weighted by atomic mass is 16.4. The highest BCUT2D eigenvalue weighted by molar-refractivity contribution is 6.04. The number of aromatic nitrogens is 2. The van der Waals surface area contributed by atoms with Crippen LogP contribution >= 0.6 is 0 Å². The number of anilines is 1. The van der Waals surface area contributed by atoms with Gasteiger partial charge in [0.05, 0.1) is 11.4 Å². The summed E-state index contributed by atoms with van der Waals surface area (Å²) < 4.78 is 3.06. The van der Waals surface area contributed by atoms with Gasteiger partial charge in [0.2, 0.25) is 5.91 Å². The molecule has 0 saturated carbocycles. The third kappa shape index (κ3) is 3.23. The first-order valence-corrected chi connectivity index (χ1v) is 6.89. The lowest BCUT2D eigenvalue weighted by Crippen LogP contribution is -2.22. The third-order valence-electron chi connectivity index (χ3n) is 3.49. The Morgan fingerprint density at radius 2 is 1.83 bits per heavy atom. The van der Waals surface area contributed by atoms with Crippen molar-refractivity contribution in [3.63, 3.8) is 0 Å². The smallest absolute Gasteiger partial charge is 0.331 e. The molecule has 0 bridgehead atoms. The fraction of sp³-hybridized carbons (Fsp3) is 0.188. The van der Waals surface area contributed by atoms with E-state index in [1.54, 1.807) is 42.9 Å². The van der Waals surface area contributed by atoms with Gasteiger partial charge in [-0.3, -0.25) is 14.3 Å². The van der Waals surface area contributed by atoms with Crippen molar-refractivity contribution in [3.05, 3.63) is 58.0 Å². The summed E-state index contributed by atoms with van der Waals surface area (Å²) in [6.07, 6.45) is 0.946. The summed E-state index contributed by atoms with van der Waals surface area (Å²) in [7, 11) is 1.71. The van der Waals surface area contributed by atoms with Crippen LogP contribution in [0, 0.1) is 6.92 Å². The van der Waals surface area contributed by atoms with Gasteiger partial charge < -0.3 is 10.4 Å². The number of aliphatic carboxylic acids is 1. The highest BCUT2D eigenvalue weighted by Gasteiger charge is 2.17. The molecule has 0 atom stereocenters. The van der Waals surface area contributed by atoms with Gasteiger partial charge >= 0.3 is 5.97 Å². The highest BCUT2D eigenvalue weighted by Crippen LogP contribution is 2.14. The molecule has 7 nitrogen and oxygen atoms in total. The fourth-order valence-corrected chi connectivity index (χ4v) is 2.13. The molecule has 7 heteroatoms. The SMILES string of the molecule is C/C(=C\C(=O)Nc1c(C)n(C)n(-c2ccccc2)c1=O)C(=O)O. The number of amides is 1. The van der Waals surface area contributed by atoms with E-state index in [2.05, 4.69) is 5.32 Å². The molecule has 0 radical (unpaired) electrons. The quantitative estimate of drug-likeness (QED) is 0.835. The van der Waals surface area contributed by atoms with Gasteiger partial charge in [-0.25, -0.2) is 9.48 Å². The Morgan fingerprint density at radius 1 is 1.22 bits per heavy atom. The van der Waals surface area contributed by atoms with E-state index in [9.17, 15) is 14.4 Å². The minimum atomic E-state index is -1.19. The zero-order valence-electron chi connectivity index (χ0n) is 13.0. The van der Waals surface area contributed by atoms with E-state index in [4.69, 9.17) is 5.11 Å². The number of carboxylic acids is 1. The fourth-order valence-electron chi connectivity index (χ4n) is 2.13. The standard InChI is InChI=1S/C16H17N3O4/c1-10(16(22)23)9-13(20)17-14-11(2)18(3)19(15(14)21)12-7-5-4-6-8-12/h4-9H,1-3H3,(H,17,20)(H,22,23)/b10-9+. The lowest BCUT2D eigenvalue weighted by molar-refractivity contribution is -0.132. The summed E-state index contributed by atoms with van der Waals surface area (Å²) in [5.41, 5.74) is 0.857. The molecule has 120 valence electrons. The van der Waals surface area contributed by atoms with Crippen LogP contribution in [0.3, 0.4) is 0 Å². The number of para-hydroxylation sites is 1. The first-order chi connectivity index (χ1) is 10.8. The molecule has 1 amide bonds. The number of nitrogens with one attached hydrogen (secondary N) is 1. The van der Waals surface area contributed by atoms with Crippen LogP contribution in [-0.2, 0) is 16.6 Å². The summed E-state index contributed by atoms with van der Waals surface area (Å²) in [5, 5.41) is 11.2. The molecule has 23 heavy (non-hydrogen) atoms. The van der Waals surface area contributed by atoms with Crippen LogP contribution in [0.5, 0.6) is 0 Å².